The van der Waals surface area contributed by atoms with Crippen LogP contribution in [0.4, 0.5) is 0 Å². The van der Waals surface area contributed by atoms with Crippen molar-refractivity contribution < 1.29 is 75.8 Å². The monoisotopic (exact) mass is 1450 g/mol. The molecule has 0 bridgehead atoms. The summed E-state index contributed by atoms with van der Waals surface area (Å²) < 4.78 is 61.1. The van der Waals surface area contributed by atoms with Gasteiger partial charge in [-0.15, -0.1) is 0 Å². The van der Waals surface area contributed by atoms with E-state index in [1.807, 2.05) is 0 Å². The van der Waals surface area contributed by atoms with E-state index in [4.69, 9.17) is 32.3 Å². The molecule has 0 aromatic rings. The number of aliphatic hydroxyl groups is 2. The summed E-state index contributed by atoms with van der Waals surface area (Å²) in [7, 11) is -9.81. The molecule has 4 N–H and O–H groups in total. The normalized spacial score (nSPS) is 14.9. The van der Waals surface area contributed by atoms with Gasteiger partial charge in [-0.2, -0.15) is 0 Å². The van der Waals surface area contributed by atoms with Crippen LogP contribution in [0.2, 0.25) is 0 Å². The third-order valence-electron chi connectivity index (χ3n) is 15.7. The molecule has 16 nitrogen and oxygen atoms in total. The Labute approximate surface area is 612 Å². The summed E-state index contributed by atoms with van der Waals surface area (Å²) in [6, 6.07) is 0. The highest BCUT2D eigenvalue weighted by atomic mass is 31.2. The Kier molecular flexibility index (Phi) is 71.3. The lowest BCUT2D eigenvalue weighted by atomic mass is 10.0. The Morgan fingerprint density at radius 1 is 0.287 bits per heavy atom. The summed E-state index contributed by atoms with van der Waals surface area (Å²) in [5, 5.41) is 20.6. The lowest BCUT2D eigenvalue weighted by Crippen LogP contribution is -2.30. The number of allylic oxidation sites excluding steroid dienone is 26. The van der Waals surface area contributed by atoms with E-state index in [9.17, 15) is 43.5 Å². The summed E-state index contributed by atoms with van der Waals surface area (Å²) >= 11 is 0. The van der Waals surface area contributed by atoms with Crippen molar-refractivity contribution in [1.29, 1.82) is 0 Å². The fourth-order valence-corrected chi connectivity index (χ4v) is 11.5. The van der Waals surface area contributed by atoms with Crippen LogP contribution in [0.1, 0.15) is 290 Å². The number of ether oxygens (including phenoxy) is 3. The van der Waals surface area contributed by atoms with Crippen LogP contribution < -0.4 is 0 Å². The molecular weight excluding hydrogens is 1310 g/mol. The molecule has 0 saturated heterocycles. The van der Waals surface area contributed by atoms with Gasteiger partial charge in [0.1, 0.15) is 25.4 Å². The van der Waals surface area contributed by atoms with Crippen molar-refractivity contribution in [3.63, 3.8) is 0 Å². The first-order valence-electron chi connectivity index (χ1n) is 38.8. The standard InChI is InChI=1S/C83H138O16P2/c1-4-7-10-13-16-19-22-25-28-30-32-34-36-37-38-39-41-43-44-46-49-51-54-57-60-63-66-69-81(86)93-72-78(84)73-95-100(89,90)96-74-79(85)75-97-101(91,92)98-77-80(99-83(88)71-68-65-62-59-56-53-48-27-24-21-18-15-12-9-6-3)76-94-82(87)70-67-64-61-58-55-52-50-47-45-42-40-35-33-31-29-26-23-20-17-14-11-8-5-2/h8-9,11-12,16-21,25-29,32-35,37-38,42,45,48,50,52,78-80,84-85H,4-7,10,13-15,22-24,30-31,36,39-41,43-44,46-47,49,51,53-77H2,1-3H3,(H,89,90)(H,91,92)/b11-8-,12-9-,19-16-,20-17-,21-18-,28-25-,29-26-,34-32-,35-33-,38-37-,45-42-,48-27-,52-50-. The Balaban J connectivity index is 4.62. The summed E-state index contributed by atoms with van der Waals surface area (Å²) in [6.45, 7) is 2.36. The minimum Gasteiger partial charge on any atom is -0.463 e. The summed E-state index contributed by atoms with van der Waals surface area (Å²) in [4.78, 5) is 58.6. The minimum absolute atomic E-state index is 0.0734. The SMILES string of the molecule is CC/C=C\C/C=C\C/C=C\C/C=C\C/C=C\C/C=C\CCCCCCC(=O)OCC(COP(=O)(O)OCC(O)COP(=O)(O)OCC(O)COC(=O)CCCCCCCCCCCCC/C=C\C/C=C\C/C=C\C/C=C\CCCCC)OC(=O)CCCCCCC/C=C\C/C=C\C/C=C\CC. The van der Waals surface area contributed by atoms with Crippen LogP contribution in [-0.4, -0.2) is 95.9 Å². The third kappa shape index (κ3) is 76.1. The van der Waals surface area contributed by atoms with Crippen molar-refractivity contribution in [3.05, 3.63) is 158 Å². The van der Waals surface area contributed by atoms with Gasteiger partial charge in [0.25, 0.3) is 0 Å². The molecule has 576 valence electrons. The van der Waals surface area contributed by atoms with Crippen molar-refractivity contribution in [2.45, 2.75) is 309 Å². The molecule has 0 radical (unpaired) electrons. The van der Waals surface area contributed by atoms with E-state index in [1.165, 1.54) is 70.6 Å². The average molecular weight is 1450 g/mol. The van der Waals surface area contributed by atoms with Gasteiger partial charge >= 0.3 is 33.6 Å². The van der Waals surface area contributed by atoms with E-state index in [1.54, 1.807) is 0 Å². The first-order chi connectivity index (χ1) is 49.2. The van der Waals surface area contributed by atoms with Crippen LogP contribution in [0.3, 0.4) is 0 Å². The molecule has 0 aliphatic heterocycles. The molecule has 0 aromatic heterocycles. The predicted molar refractivity (Wildman–Crippen MR) is 417 cm³/mol. The first-order valence-corrected chi connectivity index (χ1v) is 41.8. The van der Waals surface area contributed by atoms with Gasteiger partial charge < -0.3 is 34.2 Å². The van der Waals surface area contributed by atoms with E-state index < -0.39 is 91.5 Å². The number of phosphoric acid groups is 2. The van der Waals surface area contributed by atoms with Gasteiger partial charge in [-0.1, -0.05) is 281 Å². The fraction of sp³-hybridized carbons (Fsp3) is 0.651. The second kappa shape index (κ2) is 74.9. The van der Waals surface area contributed by atoms with Crippen molar-refractivity contribution in [2.75, 3.05) is 39.6 Å². The molecule has 0 aliphatic rings. The van der Waals surface area contributed by atoms with E-state index in [2.05, 4.69) is 179 Å². The number of unbranched alkanes of at least 4 members (excludes halogenated alkanes) is 23. The highest BCUT2D eigenvalue weighted by Gasteiger charge is 2.29. The van der Waals surface area contributed by atoms with Crippen LogP contribution in [0.5, 0.6) is 0 Å². The summed E-state index contributed by atoms with van der Waals surface area (Å²) in [5.74, 6) is -1.63. The first kappa shape index (κ1) is 96.2. The second-order valence-corrected chi connectivity index (χ2v) is 28.3. The number of aliphatic hydroxyl groups excluding tert-OH is 2. The zero-order valence-electron chi connectivity index (χ0n) is 62.8. The molecule has 101 heavy (non-hydrogen) atoms. The molecule has 5 unspecified atom stereocenters. The van der Waals surface area contributed by atoms with Crippen LogP contribution in [-0.2, 0) is 55.8 Å². The number of hydrogen-bond donors (Lipinski definition) is 4. The van der Waals surface area contributed by atoms with Gasteiger partial charge in [-0.3, -0.25) is 32.5 Å². The van der Waals surface area contributed by atoms with Gasteiger partial charge in [0.2, 0.25) is 0 Å². The number of carbonyl (C=O) groups is 3. The van der Waals surface area contributed by atoms with Gasteiger partial charge in [0.15, 0.2) is 6.10 Å². The molecule has 0 saturated carbocycles. The number of hydrogen-bond acceptors (Lipinski definition) is 14. The Hall–Kier alpha value is -4.83. The van der Waals surface area contributed by atoms with E-state index in [0.717, 1.165) is 161 Å². The topological polar surface area (TPSA) is 231 Å². The zero-order chi connectivity index (χ0) is 73.7. The third-order valence-corrected chi connectivity index (χ3v) is 17.6. The zero-order valence-corrected chi connectivity index (χ0v) is 64.6. The van der Waals surface area contributed by atoms with Crippen LogP contribution >= 0.6 is 15.6 Å². The molecule has 0 aliphatic carbocycles. The number of esters is 3. The van der Waals surface area contributed by atoms with Gasteiger partial charge in [0, 0.05) is 19.3 Å². The quantitative estimate of drug-likeness (QED) is 0.0146. The Morgan fingerprint density at radius 3 is 0.832 bits per heavy atom. The molecule has 0 rings (SSSR count). The maximum atomic E-state index is 13.0. The fourth-order valence-electron chi connectivity index (χ4n) is 9.87. The van der Waals surface area contributed by atoms with Crippen molar-refractivity contribution in [2.24, 2.45) is 0 Å². The molecule has 5 atom stereocenters. The van der Waals surface area contributed by atoms with Crippen molar-refractivity contribution >= 4 is 33.6 Å². The molecule has 0 aromatic carbocycles. The minimum atomic E-state index is -4.95. The summed E-state index contributed by atoms with van der Waals surface area (Å²) in [6.07, 6.45) is 92.9. The van der Waals surface area contributed by atoms with Gasteiger partial charge in [-0.05, 0) is 148 Å². The molecule has 0 heterocycles. The molecule has 18 heteroatoms. The Bertz CT molecular complexity index is 2470. The maximum Gasteiger partial charge on any atom is 0.472 e. The largest absolute Gasteiger partial charge is 0.472 e. The smallest absolute Gasteiger partial charge is 0.463 e. The summed E-state index contributed by atoms with van der Waals surface area (Å²) in [5.41, 5.74) is 0. The maximum absolute atomic E-state index is 13.0. The van der Waals surface area contributed by atoms with Crippen LogP contribution in [0.25, 0.3) is 0 Å². The molecule has 0 fully saturated rings. The highest BCUT2D eigenvalue weighted by Crippen LogP contribution is 2.45. The lowest BCUT2D eigenvalue weighted by Gasteiger charge is -2.21. The van der Waals surface area contributed by atoms with Gasteiger partial charge in [-0.25, -0.2) is 9.13 Å². The molecule has 0 amide bonds. The predicted octanol–water partition coefficient (Wildman–Crippen LogP) is 22.6. The molecule has 0 spiro atoms. The molecular formula is C83H138O16P2. The lowest BCUT2D eigenvalue weighted by molar-refractivity contribution is -0.161. The highest BCUT2D eigenvalue weighted by molar-refractivity contribution is 7.47. The van der Waals surface area contributed by atoms with E-state index in [0.29, 0.717) is 19.3 Å². The van der Waals surface area contributed by atoms with E-state index >= 15 is 0 Å². The van der Waals surface area contributed by atoms with E-state index in [-0.39, 0.29) is 19.3 Å². The second-order valence-electron chi connectivity index (χ2n) is 25.4. The average Bonchev–Trinajstić information content (AvgIpc) is 0.944. The number of phosphoric ester groups is 2. The van der Waals surface area contributed by atoms with Crippen LogP contribution in [0, 0.1) is 0 Å². The van der Waals surface area contributed by atoms with Crippen molar-refractivity contribution in [1.82, 2.24) is 0 Å². The van der Waals surface area contributed by atoms with Crippen molar-refractivity contribution in [3.8, 4) is 0 Å². The number of carbonyl (C=O) groups excluding carboxylic acids is 3. The van der Waals surface area contributed by atoms with Crippen LogP contribution in [0.15, 0.2) is 158 Å². The number of rotatable bonds is 72. The Morgan fingerprint density at radius 2 is 0.525 bits per heavy atom. The van der Waals surface area contributed by atoms with Gasteiger partial charge in [0.05, 0.1) is 26.4 Å².